The monoisotopic (exact) mass is 181 g/mol. The Morgan fingerprint density at radius 3 is 2.36 bits per heavy atom. The molecule has 68 valence electrons. The fraction of sp³-hybridized carbons (Fsp3) is 1.00. The predicted octanol–water partition coefficient (Wildman–Crippen LogP) is -0.174. The second-order valence-electron chi connectivity index (χ2n) is 2.71. The molecule has 4 nitrogen and oxygen atoms in total. The van der Waals surface area contributed by atoms with Gasteiger partial charge in [0.25, 0.3) is 0 Å². The average Bonchev–Trinajstić information content (AvgIpc) is 1.78. The number of hydrogen-bond acceptors (Lipinski definition) is 3. The van der Waals surface area contributed by atoms with Crippen LogP contribution in [0.5, 0.6) is 0 Å². The largest absolute Gasteiger partial charge is 0.393 e. The van der Waals surface area contributed by atoms with E-state index in [1.807, 2.05) is 0 Å². The Hall–Kier alpha value is -0.130. The quantitative estimate of drug-likeness (QED) is 0.578. The molecule has 0 aromatic carbocycles. The first kappa shape index (κ1) is 10.9. The van der Waals surface area contributed by atoms with Gasteiger partial charge in [0.15, 0.2) is 0 Å². The standard InChI is InChI=1S/C6H15NO3S/c1-6(8)4-2-3-5-11(7,9)10/h6,8H,2-5H2,1H3,(H2,7,9,10). The van der Waals surface area contributed by atoms with Crippen LogP contribution in [0, 0.1) is 0 Å². The molecule has 11 heavy (non-hydrogen) atoms. The number of nitrogens with two attached hydrogens (primary N) is 1. The highest BCUT2D eigenvalue weighted by atomic mass is 32.2. The number of hydrogen-bond donors (Lipinski definition) is 2. The van der Waals surface area contributed by atoms with Gasteiger partial charge in [0.05, 0.1) is 11.9 Å². The van der Waals surface area contributed by atoms with Crippen molar-refractivity contribution in [3.63, 3.8) is 0 Å². The van der Waals surface area contributed by atoms with Crippen LogP contribution >= 0.6 is 0 Å². The third-order valence-electron chi connectivity index (χ3n) is 1.30. The van der Waals surface area contributed by atoms with Crippen LogP contribution in [0.25, 0.3) is 0 Å². The Balaban J connectivity index is 3.30. The molecule has 0 rings (SSSR count). The van der Waals surface area contributed by atoms with E-state index in [4.69, 9.17) is 10.2 Å². The Morgan fingerprint density at radius 2 is 2.00 bits per heavy atom. The van der Waals surface area contributed by atoms with Gasteiger partial charge in [-0.1, -0.05) is 0 Å². The van der Waals surface area contributed by atoms with Crippen molar-refractivity contribution in [2.75, 3.05) is 5.75 Å². The number of unbranched alkanes of at least 4 members (excludes halogenated alkanes) is 1. The second-order valence-corrected chi connectivity index (χ2v) is 4.45. The minimum Gasteiger partial charge on any atom is -0.393 e. The Morgan fingerprint density at radius 1 is 1.45 bits per heavy atom. The molecule has 0 bridgehead atoms. The van der Waals surface area contributed by atoms with Crippen LogP contribution in [-0.4, -0.2) is 25.4 Å². The molecule has 0 aliphatic heterocycles. The van der Waals surface area contributed by atoms with Gasteiger partial charge in [-0.05, 0) is 26.2 Å². The summed E-state index contributed by atoms with van der Waals surface area (Å²) < 4.78 is 20.8. The molecule has 0 aliphatic rings. The normalized spacial score (nSPS) is 14.8. The lowest BCUT2D eigenvalue weighted by atomic mass is 10.2. The second kappa shape index (κ2) is 4.69. The minimum absolute atomic E-state index is 0.0136. The van der Waals surface area contributed by atoms with Crippen LogP contribution in [-0.2, 0) is 10.0 Å². The number of rotatable bonds is 5. The zero-order chi connectivity index (χ0) is 8.91. The maximum absolute atomic E-state index is 10.4. The zero-order valence-corrected chi connectivity index (χ0v) is 7.47. The third-order valence-corrected chi connectivity index (χ3v) is 2.16. The average molecular weight is 181 g/mol. The highest BCUT2D eigenvalue weighted by Crippen LogP contribution is 2.00. The Kier molecular flexibility index (Phi) is 4.63. The minimum atomic E-state index is -3.30. The topological polar surface area (TPSA) is 80.4 Å². The van der Waals surface area contributed by atoms with E-state index >= 15 is 0 Å². The van der Waals surface area contributed by atoms with E-state index in [0.717, 1.165) is 0 Å². The zero-order valence-electron chi connectivity index (χ0n) is 6.66. The van der Waals surface area contributed by atoms with Crippen LogP contribution in [0.15, 0.2) is 0 Å². The molecule has 3 N–H and O–H groups in total. The molecule has 0 amide bonds. The molecule has 0 aromatic heterocycles. The number of aliphatic hydroxyl groups is 1. The van der Waals surface area contributed by atoms with Gasteiger partial charge in [-0.2, -0.15) is 0 Å². The van der Waals surface area contributed by atoms with Crippen LogP contribution in [0.4, 0.5) is 0 Å². The lowest BCUT2D eigenvalue weighted by molar-refractivity contribution is 0.181. The van der Waals surface area contributed by atoms with Crippen LogP contribution in [0.3, 0.4) is 0 Å². The van der Waals surface area contributed by atoms with E-state index in [-0.39, 0.29) is 11.9 Å². The molecule has 0 fully saturated rings. The number of aliphatic hydroxyl groups excluding tert-OH is 1. The Labute approximate surface area is 67.5 Å². The molecule has 1 atom stereocenters. The van der Waals surface area contributed by atoms with Gasteiger partial charge >= 0.3 is 0 Å². The van der Waals surface area contributed by atoms with Gasteiger partial charge in [-0.25, -0.2) is 13.6 Å². The maximum Gasteiger partial charge on any atom is 0.209 e. The molecule has 0 aromatic rings. The predicted molar refractivity (Wildman–Crippen MR) is 43.5 cm³/mol. The first-order valence-corrected chi connectivity index (χ1v) is 5.32. The maximum atomic E-state index is 10.4. The van der Waals surface area contributed by atoms with E-state index in [1.54, 1.807) is 6.92 Å². The summed E-state index contributed by atoms with van der Waals surface area (Å²) >= 11 is 0. The van der Waals surface area contributed by atoms with Crippen LogP contribution in [0.1, 0.15) is 26.2 Å². The van der Waals surface area contributed by atoms with Crippen molar-refractivity contribution in [2.45, 2.75) is 32.3 Å². The van der Waals surface area contributed by atoms with Crippen molar-refractivity contribution >= 4 is 10.0 Å². The lowest BCUT2D eigenvalue weighted by Crippen LogP contribution is -2.16. The van der Waals surface area contributed by atoms with Gasteiger partial charge in [0.1, 0.15) is 0 Å². The lowest BCUT2D eigenvalue weighted by Gasteiger charge is -2.01. The van der Waals surface area contributed by atoms with E-state index in [9.17, 15) is 8.42 Å². The van der Waals surface area contributed by atoms with Crippen LogP contribution in [0.2, 0.25) is 0 Å². The summed E-state index contributed by atoms with van der Waals surface area (Å²) in [6, 6.07) is 0. The summed E-state index contributed by atoms with van der Waals surface area (Å²) in [5.41, 5.74) is 0. The van der Waals surface area contributed by atoms with Crippen molar-refractivity contribution < 1.29 is 13.5 Å². The van der Waals surface area contributed by atoms with Crippen molar-refractivity contribution in [3.05, 3.63) is 0 Å². The van der Waals surface area contributed by atoms with E-state index < -0.39 is 10.0 Å². The summed E-state index contributed by atoms with van der Waals surface area (Å²) in [5, 5.41) is 13.6. The fourth-order valence-electron chi connectivity index (χ4n) is 0.743. The highest BCUT2D eigenvalue weighted by molar-refractivity contribution is 7.89. The number of primary sulfonamides is 1. The SMILES string of the molecule is CC(O)CCCCS(N)(=O)=O. The van der Waals surface area contributed by atoms with Gasteiger partial charge in [0.2, 0.25) is 10.0 Å². The molecule has 0 heterocycles. The molecular weight excluding hydrogens is 166 g/mol. The number of sulfonamides is 1. The summed E-state index contributed by atoms with van der Waals surface area (Å²) in [5.74, 6) is 0.0136. The van der Waals surface area contributed by atoms with Crippen LogP contribution < -0.4 is 5.14 Å². The summed E-state index contributed by atoms with van der Waals surface area (Å²) in [4.78, 5) is 0. The molecule has 5 heteroatoms. The fourth-order valence-corrected chi connectivity index (χ4v) is 1.35. The third kappa shape index (κ3) is 9.87. The molecule has 0 radical (unpaired) electrons. The molecule has 0 saturated carbocycles. The van der Waals surface area contributed by atoms with Crippen molar-refractivity contribution in [3.8, 4) is 0 Å². The molecule has 0 spiro atoms. The molecule has 0 saturated heterocycles. The van der Waals surface area contributed by atoms with Gasteiger partial charge in [0, 0.05) is 0 Å². The smallest absolute Gasteiger partial charge is 0.209 e. The van der Waals surface area contributed by atoms with Crippen molar-refractivity contribution in [2.24, 2.45) is 5.14 Å². The Bertz CT molecular complexity index is 186. The van der Waals surface area contributed by atoms with E-state index in [1.165, 1.54) is 0 Å². The van der Waals surface area contributed by atoms with Gasteiger partial charge in [-0.15, -0.1) is 0 Å². The first-order chi connectivity index (χ1) is 4.92. The molecule has 1 unspecified atom stereocenters. The summed E-state index contributed by atoms with van der Waals surface area (Å²) in [7, 11) is -3.30. The van der Waals surface area contributed by atoms with Gasteiger partial charge < -0.3 is 5.11 Å². The summed E-state index contributed by atoms with van der Waals surface area (Å²) in [6.45, 7) is 1.68. The van der Waals surface area contributed by atoms with Crippen molar-refractivity contribution in [1.82, 2.24) is 0 Å². The molecular formula is C6H15NO3S. The highest BCUT2D eigenvalue weighted by Gasteiger charge is 2.02. The summed E-state index contributed by atoms with van der Waals surface area (Å²) in [6.07, 6.45) is 1.52. The van der Waals surface area contributed by atoms with Crippen molar-refractivity contribution in [1.29, 1.82) is 0 Å². The van der Waals surface area contributed by atoms with E-state index in [0.29, 0.717) is 19.3 Å². The van der Waals surface area contributed by atoms with Gasteiger partial charge in [-0.3, -0.25) is 0 Å². The van der Waals surface area contributed by atoms with E-state index in [2.05, 4.69) is 0 Å². The molecule has 0 aliphatic carbocycles. The first-order valence-electron chi connectivity index (χ1n) is 3.60.